The number of aromatic nitrogens is 2. The molecular weight excluding hydrogens is 326 g/mol. The first kappa shape index (κ1) is 17.4. The molecule has 24 heavy (non-hydrogen) atoms. The molecule has 0 amide bonds. The molecule has 0 unspecified atom stereocenters. The van der Waals surface area contributed by atoms with Crippen molar-refractivity contribution in [2.45, 2.75) is 45.4 Å². The van der Waals surface area contributed by atoms with Crippen molar-refractivity contribution < 1.29 is 4.74 Å². The maximum Gasteiger partial charge on any atom is 0.331 e. The van der Waals surface area contributed by atoms with Gasteiger partial charge in [-0.2, -0.15) is 0 Å². The molecule has 3 heterocycles. The molecule has 2 aromatic heterocycles. The molecular formula is C17H25N3O3S. The third-order valence-electron chi connectivity index (χ3n) is 4.53. The minimum absolute atomic E-state index is 0.198. The van der Waals surface area contributed by atoms with E-state index in [1.165, 1.54) is 20.8 Å². The highest BCUT2D eigenvalue weighted by atomic mass is 32.1. The average Bonchev–Trinajstić information content (AvgIpc) is 2.85. The summed E-state index contributed by atoms with van der Waals surface area (Å²) in [6.45, 7) is 6.08. The Morgan fingerprint density at radius 2 is 2.00 bits per heavy atom. The SMILES string of the molecule is CN(C)CCCn1c(=O)n(C)c(=O)c2sc3c(c21)COC(C)(C)C3. The molecule has 0 radical (unpaired) electrons. The number of nitrogens with zero attached hydrogens (tertiary/aromatic N) is 3. The third kappa shape index (κ3) is 2.96. The second kappa shape index (κ2) is 6.13. The Kier molecular flexibility index (Phi) is 4.44. The summed E-state index contributed by atoms with van der Waals surface area (Å²) in [6, 6.07) is 0. The number of aryl methyl sites for hydroxylation is 1. The maximum absolute atomic E-state index is 12.7. The molecule has 0 saturated heterocycles. The Morgan fingerprint density at radius 3 is 2.67 bits per heavy atom. The molecule has 0 aliphatic carbocycles. The van der Waals surface area contributed by atoms with Crippen molar-refractivity contribution in [3.63, 3.8) is 0 Å². The van der Waals surface area contributed by atoms with Gasteiger partial charge in [-0.3, -0.25) is 13.9 Å². The zero-order chi connectivity index (χ0) is 17.6. The lowest BCUT2D eigenvalue weighted by Gasteiger charge is -2.30. The van der Waals surface area contributed by atoms with Gasteiger partial charge in [0.25, 0.3) is 5.56 Å². The summed E-state index contributed by atoms with van der Waals surface area (Å²) in [5.41, 5.74) is 1.15. The van der Waals surface area contributed by atoms with E-state index in [9.17, 15) is 9.59 Å². The summed E-state index contributed by atoms with van der Waals surface area (Å²) in [4.78, 5) is 28.5. The molecule has 0 saturated carbocycles. The van der Waals surface area contributed by atoms with Crippen molar-refractivity contribution >= 4 is 21.6 Å². The van der Waals surface area contributed by atoms with Gasteiger partial charge in [0.05, 0.1) is 17.7 Å². The lowest BCUT2D eigenvalue weighted by atomic mass is 9.98. The van der Waals surface area contributed by atoms with Crippen LogP contribution in [0.2, 0.25) is 0 Å². The minimum atomic E-state index is -0.239. The summed E-state index contributed by atoms with van der Waals surface area (Å²) < 4.78 is 9.60. The van der Waals surface area contributed by atoms with Gasteiger partial charge in [0.2, 0.25) is 0 Å². The van der Waals surface area contributed by atoms with Gasteiger partial charge < -0.3 is 9.64 Å². The van der Waals surface area contributed by atoms with Crippen LogP contribution in [0.5, 0.6) is 0 Å². The van der Waals surface area contributed by atoms with Crippen molar-refractivity contribution in [3.05, 3.63) is 31.3 Å². The zero-order valence-corrected chi connectivity index (χ0v) is 15.8. The van der Waals surface area contributed by atoms with Crippen LogP contribution in [-0.2, 0) is 31.4 Å². The molecule has 0 aromatic carbocycles. The van der Waals surface area contributed by atoms with Crippen LogP contribution in [0, 0.1) is 0 Å². The smallest absolute Gasteiger partial charge is 0.331 e. The second-order valence-electron chi connectivity index (χ2n) is 7.36. The van der Waals surface area contributed by atoms with Crippen LogP contribution < -0.4 is 11.2 Å². The van der Waals surface area contributed by atoms with Crippen molar-refractivity contribution in [1.29, 1.82) is 0 Å². The van der Waals surface area contributed by atoms with Gasteiger partial charge in [-0.1, -0.05) is 0 Å². The molecule has 6 nitrogen and oxygen atoms in total. The number of fused-ring (bicyclic) bond motifs is 3. The Labute approximate surface area is 145 Å². The van der Waals surface area contributed by atoms with E-state index in [-0.39, 0.29) is 16.9 Å². The lowest BCUT2D eigenvalue weighted by Crippen LogP contribution is -2.38. The van der Waals surface area contributed by atoms with Gasteiger partial charge in [0, 0.05) is 30.5 Å². The van der Waals surface area contributed by atoms with Gasteiger partial charge in [-0.15, -0.1) is 11.3 Å². The minimum Gasteiger partial charge on any atom is -0.370 e. The summed E-state index contributed by atoms with van der Waals surface area (Å²) in [7, 11) is 5.59. The van der Waals surface area contributed by atoms with Crippen molar-refractivity contribution in [2.24, 2.45) is 7.05 Å². The largest absolute Gasteiger partial charge is 0.370 e. The van der Waals surface area contributed by atoms with Crippen LogP contribution >= 0.6 is 11.3 Å². The van der Waals surface area contributed by atoms with Gasteiger partial charge in [0.15, 0.2) is 0 Å². The Morgan fingerprint density at radius 1 is 1.29 bits per heavy atom. The van der Waals surface area contributed by atoms with Crippen LogP contribution in [-0.4, -0.2) is 40.3 Å². The molecule has 1 aliphatic rings. The Bertz CT molecular complexity index is 889. The van der Waals surface area contributed by atoms with E-state index in [1.54, 1.807) is 11.6 Å². The molecule has 0 atom stereocenters. The molecule has 3 rings (SSSR count). The summed E-state index contributed by atoms with van der Waals surface area (Å²) in [5.74, 6) is 0. The number of hydrogen-bond acceptors (Lipinski definition) is 5. The van der Waals surface area contributed by atoms with E-state index in [2.05, 4.69) is 18.7 Å². The first-order valence-electron chi connectivity index (χ1n) is 8.24. The van der Waals surface area contributed by atoms with E-state index in [1.807, 2.05) is 14.1 Å². The highest BCUT2D eigenvalue weighted by molar-refractivity contribution is 7.19. The number of rotatable bonds is 4. The summed E-state index contributed by atoms with van der Waals surface area (Å²) in [6.07, 6.45) is 1.63. The quantitative estimate of drug-likeness (QED) is 0.839. The third-order valence-corrected chi connectivity index (χ3v) is 5.74. The first-order valence-corrected chi connectivity index (χ1v) is 9.05. The van der Waals surface area contributed by atoms with Crippen molar-refractivity contribution in [2.75, 3.05) is 20.6 Å². The van der Waals surface area contributed by atoms with E-state index in [4.69, 9.17) is 4.74 Å². The number of thiophene rings is 1. The fraction of sp³-hybridized carbons (Fsp3) is 0.647. The van der Waals surface area contributed by atoms with Gasteiger partial charge >= 0.3 is 5.69 Å². The first-order chi connectivity index (χ1) is 11.2. The van der Waals surface area contributed by atoms with Gasteiger partial charge in [0.1, 0.15) is 4.70 Å². The van der Waals surface area contributed by atoms with Crippen LogP contribution in [0.15, 0.2) is 9.59 Å². The van der Waals surface area contributed by atoms with Crippen LogP contribution in [0.3, 0.4) is 0 Å². The highest BCUT2D eigenvalue weighted by Crippen LogP contribution is 2.37. The van der Waals surface area contributed by atoms with E-state index in [0.29, 0.717) is 17.9 Å². The zero-order valence-electron chi connectivity index (χ0n) is 15.0. The molecule has 1 aliphatic heterocycles. The molecule has 0 N–H and O–H groups in total. The van der Waals surface area contributed by atoms with E-state index >= 15 is 0 Å². The summed E-state index contributed by atoms with van der Waals surface area (Å²) >= 11 is 1.52. The topological polar surface area (TPSA) is 56.5 Å². The molecule has 0 spiro atoms. The summed E-state index contributed by atoms with van der Waals surface area (Å²) in [5, 5.41) is 0. The average molecular weight is 351 g/mol. The van der Waals surface area contributed by atoms with Crippen molar-refractivity contribution in [3.8, 4) is 0 Å². The molecule has 0 bridgehead atoms. The Balaban J connectivity index is 2.18. The molecule has 132 valence electrons. The molecule has 2 aromatic rings. The van der Waals surface area contributed by atoms with E-state index < -0.39 is 0 Å². The fourth-order valence-electron chi connectivity index (χ4n) is 3.20. The predicted molar refractivity (Wildman–Crippen MR) is 97.1 cm³/mol. The van der Waals surface area contributed by atoms with Crippen LogP contribution in [0.25, 0.3) is 10.2 Å². The normalized spacial score (nSPS) is 16.8. The van der Waals surface area contributed by atoms with Crippen LogP contribution in [0.1, 0.15) is 30.7 Å². The number of hydrogen-bond donors (Lipinski definition) is 0. The maximum atomic E-state index is 12.7. The lowest BCUT2D eigenvalue weighted by molar-refractivity contribution is -0.0384. The van der Waals surface area contributed by atoms with Gasteiger partial charge in [-0.05, 0) is 40.9 Å². The molecule has 0 fully saturated rings. The van der Waals surface area contributed by atoms with Crippen molar-refractivity contribution in [1.82, 2.24) is 14.0 Å². The highest BCUT2D eigenvalue weighted by Gasteiger charge is 2.31. The van der Waals surface area contributed by atoms with Gasteiger partial charge in [-0.25, -0.2) is 4.79 Å². The predicted octanol–water partition coefficient (Wildman–Crippen LogP) is 1.56. The van der Waals surface area contributed by atoms with E-state index in [0.717, 1.165) is 30.5 Å². The fourth-order valence-corrected chi connectivity index (χ4v) is 4.70. The Hall–Kier alpha value is -1.44. The monoisotopic (exact) mass is 351 g/mol. The van der Waals surface area contributed by atoms with Crippen LogP contribution in [0.4, 0.5) is 0 Å². The number of ether oxygens (including phenoxy) is 1. The standard InChI is InChI=1S/C17H25N3O3S/c1-17(2)9-12-11(10-23-17)13-14(24-12)15(21)19(5)16(22)20(13)8-6-7-18(3)4/h6-10H2,1-5H3. The molecule has 7 heteroatoms. The second-order valence-corrected chi connectivity index (χ2v) is 8.47.